The second-order valence-corrected chi connectivity index (χ2v) is 5.77. The highest BCUT2D eigenvalue weighted by Crippen LogP contribution is 2.18. The molecule has 1 saturated carbocycles. The number of anilines is 1. The smallest absolute Gasteiger partial charge is 0.315 e. The summed E-state index contributed by atoms with van der Waals surface area (Å²) >= 11 is 0. The molecule has 0 aromatic heterocycles. The second-order valence-electron chi connectivity index (χ2n) is 5.77. The molecule has 0 unspecified atom stereocenters. The van der Waals surface area contributed by atoms with Gasteiger partial charge >= 0.3 is 6.03 Å². The predicted molar refractivity (Wildman–Crippen MR) is 89.2 cm³/mol. The molecule has 3 rings (SSSR count). The number of rotatable bonds is 5. The molecule has 24 heavy (non-hydrogen) atoms. The van der Waals surface area contributed by atoms with Crippen LogP contribution < -0.4 is 16.0 Å². The van der Waals surface area contributed by atoms with Gasteiger partial charge in [0.25, 0.3) is 5.91 Å². The summed E-state index contributed by atoms with van der Waals surface area (Å²) in [5.41, 5.74) is 1.70. The van der Waals surface area contributed by atoms with E-state index >= 15 is 0 Å². The van der Waals surface area contributed by atoms with Crippen molar-refractivity contribution in [1.82, 2.24) is 10.6 Å². The van der Waals surface area contributed by atoms with Crippen molar-refractivity contribution in [3.05, 3.63) is 65.5 Å². The lowest BCUT2D eigenvalue weighted by Crippen LogP contribution is -2.36. The minimum absolute atomic E-state index is 0.188. The highest BCUT2D eigenvalue weighted by molar-refractivity contribution is 6.04. The van der Waals surface area contributed by atoms with E-state index in [4.69, 9.17) is 0 Å². The van der Waals surface area contributed by atoms with Crippen LogP contribution in [0.2, 0.25) is 0 Å². The van der Waals surface area contributed by atoms with Gasteiger partial charge in [0.2, 0.25) is 0 Å². The molecule has 2 aromatic rings. The Kier molecular flexibility index (Phi) is 4.74. The van der Waals surface area contributed by atoms with E-state index in [9.17, 15) is 14.0 Å². The minimum atomic E-state index is -0.456. The zero-order chi connectivity index (χ0) is 16.9. The van der Waals surface area contributed by atoms with Crippen LogP contribution >= 0.6 is 0 Å². The molecule has 1 fully saturated rings. The van der Waals surface area contributed by atoms with E-state index in [1.165, 1.54) is 18.2 Å². The van der Waals surface area contributed by atoms with E-state index < -0.39 is 5.82 Å². The summed E-state index contributed by atoms with van der Waals surface area (Å²) in [4.78, 5) is 23.7. The molecule has 3 amide bonds. The fourth-order valence-corrected chi connectivity index (χ4v) is 2.24. The van der Waals surface area contributed by atoms with Crippen molar-refractivity contribution in [2.45, 2.75) is 25.4 Å². The van der Waals surface area contributed by atoms with Gasteiger partial charge in [0, 0.05) is 23.8 Å². The maximum absolute atomic E-state index is 13.2. The number of halogens is 1. The fraction of sp³-hybridized carbons (Fsp3) is 0.222. The predicted octanol–water partition coefficient (Wildman–Crippen LogP) is 3.04. The van der Waals surface area contributed by atoms with Crippen molar-refractivity contribution in [1.29, 1.82) is 0 Å². The highest BCUT2D eigenvalue weighted by Gasteiger charge is 2.22. The van der Waals surface area contributed by atoms with Crippen molar-refractivity contribution in [3.8, 4) is 0 Å². The average molecular weight is 327 g/mol. The molecule has 1 aliphatic rings. The molecular formula is C18H18FN3O2. The maximum atomic E-state index is 13.2. The first-order valence-corrected chi connectivity index (χ1v) is 7.80. The van der Waals surface area contributed by atoms with Gasteiger partial charge in [0.05, 0.1) is 0 Å². The molecule has 1 aliphatic carbocycles. The summed E-state index contributed by atoms with van der Waals surface area (Å²) in [5, 5.41) is 8.34. The van der Waals surface area contributed by atoms with Gasteiger partial charge in [-0.3, -0.25) is 4.79 Å². The van der Waals surface area contributed by atoms with E-state index in [0.29, 0.717) is 18.3 Å². The number of urea groups is 1. The lowest BCUT2D eigenvalue weighted by atomic mass is 10.1. The fourth-order valence-electron chi connectivity index (χ4n) is 2.24. The molecule has 0 atom stereocenters. The standard InChI is InChI=1S/C18H18FN3O2/c19-14-5-2-4-13(10-14)17(23)21-16-6-1-3-12(9-16)11-20-18(24)22-15-7-8-15/h1-6,9-10,15H,7-8,11H2,(H,21,23)(H2,20,22,24). The van der Waals surface area contributed by atoms with Crippen LogP contribution in [-0.4, -0.2) is 18.0 Å². The first kappa shape index (κ1) is 16.0. The average Bonchev–Trinajstić information content (AvgIpc) is 3.37. The molecule has 2 aromatic carbocycles. The molecule has 0 spiro atoms. The Balaban J connectivity index is 1.58. The maximum Gasteiger partial charge on any atom is 0.315 e. The van der Waals surface area contributed by atoms with E-state index in [1.54, 1.807) is 24.3 Å². The summed E-state index contributed by atoms with van der Waals surface area (Å²) in [5.74, 6) is -0.839. The number of benzene rings is 2. The van der Waals surface area contributed by atoms with Crippen LogP contribution in [-0.2, 0) is 6.54 Å². The van der Waals surface area contributed by atoms with Gasteiger partial charge in [-0.1, -0.05) is 18.2 Å². The first-order valence-electron chi connectivity index (χ1n) is 7.80. The zero-order valence-electron chi connectivity index (χ0n) is 13.0. The van der Waals surface area contributed by atoms with Gasteiger partial charge < -0.3 is 16.0 Å². The van der Waals surface area contributed by atoms with Gasteiger partial charge in [-0.15, -0.1) is 0 Å². The number of amides is 3. The van der Waals surface area contributed by atoms with Crippen molar-refractivity contribution in [2.24, 2.45) is 0 Å². The summed E-state index contributed by atoms with van der Waals surface area (Å²) in [7, 11) is 0. The molecule has 6 heteroatoms. The third-order valence-corrected chi connectivity index (χ3v) is 3.64. The van der Waals surface area contributed by atoms with Crippen LogP contribution in [0, 0.1) is 5.82 Å². The Morgan fingerprint density at radius 2 is 1.88 bits per heavy atom. The van der Waals surface area contributed by atoms with Crippen LogP contribution in [0.15, 0.2) is 48.5 Å². The largest absolute Gasteiger partial charge is 0.335 e. The molecule has 5 nitrogen and oxygen atoms in total. The van der Waals surface area contributed by atoms with Crippen molar-refractivity contribution in [3.63, 3.8) is 0 Å². The van der Waals surface area contributed by atoms with Crippen LogP contribution in [0.4, 0.5) is 14.9 Å². The van der Waals surface area contributed by atoms with Gasteiger partial charge in [-0.05, 0) is 48.7 Å². The molecule has 0 bridgehead atoms. The summed E-state index contributed by atoms with van der Waals surface area (Å²) < 4.78 is 13.2. The lowest BCUT2D eigenvalue weighted by Gasteiger charge is -2.09. The van der Waals surface area contributed by atoms with E-state index in [-0.39, 0.29) is 17.5 Å². The third kappa shape index (κ3) is 4.55. The SMILES string of the molecule is O=C(NCc1cccc(NC(=O)c2cccc(F)c2)c1)NC1CC1. The van der Waals surface area contributed by atoms with Crippen LogP contribution in [0.1, 0.15) is 28.8 Å². The molecule has 0 radical (unpaired) electrons. The van der Waals surface area contributed by atoms with E-state index in [1.807, 2.05) is 6.07 Å². The molecular weight excluding hydrogens is 309 g/mol. The Morgan fingerprint density at radius 1 is 1.08 bits per heavy atom. The normalized spacial score (nSPS) is 13.2. The van der Waals surface area contributed by atoms with Crippen molar-refractivity contribution >= 4 is 17.6 Å². The summed E-state index contributed by atoms with van der Waals surface area (Å²) in [6.45, 7) is 0.363. The summed E-state index contributed by atoms with van der Waals surface area (Å²) in [6, 6.07) is 12.8. The Labute approximate surface area is 139 Å². The lowest BCUT2D eigenvalue weighted by molar-refractivity contribution is 0.102. The van der Waals surface area contributed by atoms with Crippen molar-refractivity contribution < 1.29 is 14.0 Å². The van der Waals surface area contributed by atoms with E-state index in [0.717, 1.165) is 18.4 Å². The van der Waals surface area contributed by atoms with Gasteiger partial charge in [-0.25, -0.2) is 9.18 Å². The minimum Gasteiger partial charge on any atom is -0.335 e. The Bertz CT molecular complexity index is 759. The number of hydrogen-bond acceptors (Lipinski definition) is 2. The van der Waals surface area contributed by atoms with Crippen LogP contribution in [0.25, 0.3) is 0 Å². The van der Waals surface area contributed by atoms with Crippen LogP contribution in [0.5, 0.6) is 0 Å². The topological polar surface area (TPSA) is 70.2 Å². The molecule has 0 saturated heterocycles. The highest BCUT2D eigenvalue weighted by atomic mass is 19.1. The van der Waals surface area contributed by atoms with Gasteiger partial charge in [0.1, 0.15) is 5.82 Å². The Morgan fingerprint density at radius 3 is 2.62 bits per heavy atom. The summed E-state index contributed by atoms with van der Waals surface area (Å²) in [6.07, 6.45) is 2.07. The second kappa shape index (κ2) is 7.12. The number of hydrogen-bond donors (Lipinski definition) is 3. The molecule has 3 N–H and O–H groups in total. The first-order chi connectivity index (χ1) is 11.6. The van der Waals surface area contributed by atoms with Gasteiger partial charge in [-0.2, -0.15) is 0 Å². The van der Waals surface area contributed by atoms with Crippen molar-refractivity contribution in [2.75, 3.05) is 5.32 Å². The Hall–Kier alpha value is -2.89. The van der Waals surface area contributed by atoms with Crippen LogP contribution in [0.3, 0.4) is 0 Å². The number of carbonyl (C=O) groups is 2. The van der Waals surface area contributed by atoms with E-state index in [2.05, 4.69) is 16.0 Å². The molecule has 0 heterocycles. The molecule has 124 valence electrons. The number of carbonyl (C=O) groups excluding carboxylic acids is 2. The third-order valence-electron chi connectivity index (χ3n) is 3.64. The zero-order valence-corrected chi connectivity index (χ0v) is 13.0. The monoisotopic (exact) mass is 327 g/mol. The number of nitrogens with one attached hydrogen (secondary N) is 3. The van der Waals surface area contributed by atoms with Gasteiger partial charge in [0.15, 0.2) is 0 Å². The quantitative estimate of drug-likeness (QED) is 0.790. The molecule has 0 aliphatic heterocycles.